The molecule has 164 valence electrons. The minimum atomic E-state index is -0.866. The van der Waals surface area contributed by atoms with E-state index in [1.54, 1.807) is 24.3 Å². The SMILES string of the molecule is Oc1ccc(-c2sc3cc(O)ccc3c2C(O)c2ccc(ON3CCOCC3)cc2)cc1. The molecule has 0 bridgehead atoms. The van der Waals surface area contributed by atoms with E-state index in [1.807, 2.05) is 47.5 Å². The highest BCUT2D eigenvalue weighted by Gasteiger charge is 2.22. The molecule has 3 N–H and O–H groups in total. The Labute approximate surface area is 189 Å². The smallest absolute Gasteiger partial charge is 0.147 e. The average Bonchev–Trinajstić information content (AvgIpc) is 3.18. The van der Waals surface area contributed by atoms with Gasteiger partial charge in [0.25, 0.3) is 0 Å². The molecule has 0 amide bonds. The molecule has 1 aromatic heterocycles. The fourth-order valence-corrected chi connectivity index (χ4v) is 5.14. The third-order valence-corrected chi connectivity index (χ3v) is 6.73. The minimum absolute atomic E-state index is 0.182. The van der Waals surface area contributed by atoms with E-state index < -0.39 is 6.10 Å². The Morgan fingerprint density at radius 3 is 2.28 bits per heavy atom. The van der Waals surface area contributed by atoms with Crippen molar-refractivity contribution in [3.05, 3.63) is 77.9 Å². The molecule has 1 aliphatic heterocycles. The van der Waals surface area contributed by atoms with Crippen LogP contribution >= 0.6 is 11.3 Å². The van der Waals surface area contributed by atoms with Crippen LogP contribution in [0.15, 0.2) is 66.7 Å². The van der Waals surface area contributed by atoms with E-state index in [0.717, 1.165) is 31.7 Å². The lowest BCUT2D eigenvalue weighted by molar-refractivity contribution is -0.118. The lowest BCUT2D eigenvalue weighted by Crippen LogP contribution is -2.38. The van der Waals surface area contributed by atoms with Crippen LogP contribution in [-0.2, 0) is 4.74 Å². The number of rotatable bonds is 5. The highest BCUT2D eigenvalue weighted by Crippen LogP contribution is 2.45. The van der Waals surface area contributed by atoms with Crippen LogP contribution in [0.3, 0.4) is 0 Å². The summed E-state index contributed by atoms with van der Waals surface area (Å²) in [4.78, 5) is 6.79. The van der Waals surface area contributed by atoms with Gasteiger partial charge >= 0.3 is 0 Å². The highest BCUT2D eigenvalue weighted by atomic mass is 32.1. The lowest BCUT2D eigenvalue weighted by atomic mass is 9.96. The molecular formula is C25H23NO5S. The molecule has 0 aliphatic carbocycles. The first-order valence-corrected chi connectivity index (χ1v) is 11.2. The number of fused-ring (bicyclic) bond motifs is 1. The standard InChI is InChI=1S/C25H23NO5S/c27-18-5-1-17(2-6-18)25-23(21-10-7-19(28)15-22(21)32-25)24(29)16-3-8-20(9-4-16)31-26-11-13-30-14-12-26/h1-10,15,24,27-29H,11-14H2. The average molecular weight is 450 g/mol. The zero-order valence-electron chi connectivity index (χ0n) is 17.3. The summed E-state index contributed by atoms with van der Waals surface area (Å²) in [5.41, 5.74) is 2.41. The second kappa shape index (κ2) is 8.80. The summed E-state index contributed by atoms with van der Waals surface area (Å²) in [6, 6.07) is 19.5. The van der Waals surface area contributed by atoms with Gasteiger partial charge in [-0.05, 0) is 71.1 Å². The minimum Gasteiger partial charge on any atom is -0.508 e. The Morgan fingerprint density at radius 2 is 1.56 bits per heavy atom. The largest absolute Gasteiger partial charge is 0.508 e. The number of aliphatic hydroxyl groups is 1. The number of thiophene rings is 1. The van der Waals surface area contributed by atoms with E-state index in [2.05, 4.69) is 0 Å². The molecule has 7 heteroatoms. The number of morpholine rings is 1. The molecule has 0 saturated carbocycles. The van der Waals surface area contributed by atoms with Gasteiger partial charge in [0.1, 0.15) is 23.4 Å². The molecule has 1 atom stereocenters. The van der Waals surface area contributed by atoms with Gasteiger partial charge < -0.3 is 24.9 Å². The summed E-state index contributed by atoms with van der Waals surface area (Å²) in [6.07, 6.45) is -0.866. The first-order valence-electron chi connectivity index (χ1n) is 10.4. The number of aromatic hydroxyl groups is 2. The van der Waals surface area contributed by atoms with E-state index in [9.17, 15) is 15.3 Å². The van der Waals surface area contributed by atoms with Crippen molar-refractivity contribution in [1.29, 1.82) is 0 Å². The summed E-state index contributed by atoms with van der Waals surface area (Å²) >= 11 is 1.50. The molecule has 1 saturated heterocycles. The maximum absolute atomic E-state index is 11.4. The second-order valence-corrected chi connectivity index (χ2v) is 8.73. The number of nitrogens with zero attached hydrogens (tertiary/aromatic N) is 1. The molecule has 5 rings (SSSR count). The molecule has 1 fully saturated rings. The number of hydrogen-bond donors (Lipinski definition) is 3. The van der Waals surface area contributed by atoms with E-state index in [0.29, 0.717) is 32.1 Å². The number of hydroxylamine groups is 2. The summed E-state index contributed by atoms with van der Waals surface area (Å²) in [6.45, 7) is 2.73. The van der Waals surface area contributed by atoms with E-state index in [4.69, 9.17) is 9.57 Å². The van der Waals surface area contributed by atoms with Gasteiger partial charge in [-0.2, -0.15) is 0 Å². The maximum Gasteiger partial charge on any atom is 0.147 e. The van der Waals surface area contributed by atoms with Crippen LogP contribution in [0.4, 0.5) is 0 Å². The predicted molar refractivity (Wildman–Crippen MR) is 124 cm³/mol. The first-order chi connectivity index (χ1) is 15.6. The van der Waals surface area contributed by atoms with Crippen LogP contribution in [0.2, 0.25) is 0 Å². The topological polar surface area (TPSA) is 82.4 Å². The molecule has 2 heterocycles. The Balaban J connectivity index is 1.50. The summed E-state index contributed by atoms with van der Waals surface area (Å²) in [7, 11) is 0. The Hall–Kier alpha value is -3.10. The number of phenols is 2. The zero-order chi connectivity index (χ0) is 22.1. The van der Waals surface area contributed by atoms with Gasteiger partial charge in [-0.3, -0.25) is 0 Å². The van der Waals surface area contributed by atoms with Gasteiger partial charge in [0.05, 0.1) is 26.3 Å². The third kappa shape index (κ3) is 4.16. The van der Waals surface area contributed by atoms with Crippen molar-refractivity contribution in [1.82, 2.24) is 5.06 Å². The van der Waals surface area contributed by atoms with E-state index >= 15 is 0 Å². The van der Waals surface area contributed by atoms with E-state index in [-0.39, 0.29) is 11.5 Å². The molecule has 6 nitrogen and oxygen atoms in total. The Morgan fingerprint density at radius 1 is 0.875 bits per heavy atom. The van der Waals surface area contributed by atoms with Crippen molar-refractivity contribution >= 4 is 21.4 Å². The number of hydrogen-bond acceptors (Lipinski definition) is 7. The van der Waals surface area contributed by atoms with Crippen LogP contribution in [0.25, 0.3) is 20.5 Å². The van der Waals surface area contributed by atoms with Crippen molar-refractivity contribution in [3.8, 4) is 27.7 Å². The number of ether oxygens (including phenoxy) is 1. The second-order valence-electron chi connectivity index (χ2n) is 7.68. The maximum atomic E-state index is 11.4. The molecular weight excluding hydrogens is 426 g/mol. The van der Waals surface area contributed by atoms with Gasteiger partial charge in [0.2, 0.25) is 0 Å². The quantitative estimate of drug-likeness (QED) is 0.410. The fraction of sp³-hybridized carbons (Fsp3) is 0.200. The number of phenolic OH excluding ortho intramolecular Hbond substituents is 2. The molecule has 3 aromatic carbocycles. The summed E-state index contributed by atoms with van der Waals surface area (Å²) < 4.78 is 6.23. The van der Waals surface area contributed by atoms with Crippen LogP contribution < -0.4 is 4.84 Å². The monoisotopic (exact) mass is 449 g/mol. The van der Waals surface area contributed by atoms with Crippen molar-refractivity contribution in [2.24, 2.45) is 0 Å². The normalized spacial score (nSPS) is 15.7. The van der Waals surface area contributed by atoms with Crippen molar-refractivity contribution in [2.75, 3.05) is 26.3 Å². The third-order valence-electron chi connectivity index (χ3n) is 5.52. The Bertz CT molecular complexity index is 1210. The number of benzene rings is 3. The summed E-state index contributed by atoms with van der Waals surface area (Å²) in [5, 5.41) is 33.8. The Kier molecular flexibility index (Phi) is 5.71. The molecule has 0 spiro atoms. The molecule has 1 unspecified atom stereocenters. The van der Waals surface area contributed by atoms with Crippen LogP contribution in [-0.4, -0.2) is 46.7 Å². The van der Waals surface area contributed by atoms with Crippen molar-refractivity contribution in [3.63, 3.8) is 0 Å². The van der Waals surface area contributed by atoms with E-state index in [1.165, 1.54) is 11.3 Å². The zero-order valence-corrected chi connectivity index (χ0v) is 18.1. The molecule has 32 heavy (non-hydrogen) atoms. The van der Waals surface area contributed by atoms with Crippen molar-refractivity contribution < 1.29 is 24.9 Å². The number of aliphatic hydroxyl groups excluding tert-OH is 1. The van der Waals surface area contributed by atoms with Crippen LogP contribution in [0.5, 0.6) is 17.2 Å². The highest BCUT2D eigenvalue weighted by molar-refractivity contribution is 7.22. The first kappa shape index (κ1) is 20.8. The van der Waals surface area contributed by atoms with Gasteiger partial charge in [-0.1, -0.05) is 12.1 Å². The van der Waals surface area contributed by atoms with Gasteiger partial charge in [-0.25, -0.2) is 0 Å². The molecule has 0 radical (unpaired) electrons. The predicted octanol–water partition coefficient (Wildman–Crippen LogP) is 4.69. The summed E-state index contributed by atoms with van der Waals surface area (Å²) in [5.74, 6) is 1.08. The lowest BCUT2D eigenvalue weighted by Gasteiger charge is -2.26. The molecule has 4 aromatic rings. The van der Waals surface area contributed by atoms with Gasteiger partial charge in [0, 0.05) is 15.1 Å². The van der Waals surface area contributed by atoms with Gasteiger partial charge in [-0.15, -0.1) is 16.4 Å². The van der Waals surface area contributed by atoms with Crippen LogP contribution in [0, 0.1) is 0 Å². The molecule has 1 aliphatic rings. The van der Waals surface area contributed by atoms with Gasteiger partial charge in [0.15, 0.2) is 0 Å². The van der Waals surface area contributed by atoms with Crippen LogP contribution in [0.1, 0.15) is 17.2 Å². The van der Waals surface area contributed by atoms with Crippen molar-refractivity contribution in [2.45, 2.75) is 6.10 Å². The fourth-order valence-electron chi connectivity index (χ4n) is 3.87.